The minimum absolute atomic E-state index is 0.0265. The molecule has 20 heavy (non-hydrogen) atoms. The average molecular weight is 339 g/mol. The van der Waals surface area contributed by atoms with Gasteiger partial charge in [0.15, 0.2) is 0 Å². The molecule has 2 rings (SSSR count). The standard InChI is InChI=1S/C15H19BrN2O2/c1-10-3-6-13(9-14(10)16)18(11(2)19)8-7-17-15(20)12-4-5-12/h3,6,9,12H,4-5,7-8H2,1-2H3,(H,17,20). The Balaban J connectivity index is 1.97. The Morgan fingerprint density at radius 2 is 2.10 bits per heavy atom. The number of aryl methyl sites for hydroxylation is 1. The van der Waals surface area contributed by atoms with Crippen molar-refractivity contribution in [3.8, 4) is 0 Å². The van der Waals surface area contributed by atoms with Crippen molar-refractivity contribution in [1.82, 2.24) is 5.32 Å². The summed E-state index contributed by atoms with van der Waals surface area (Å²) >= 11 is 3.47. The second-order valence-electron chi connectivity index (χ2n) is 5.17. The maximum absolute atomic E-state index is 11.8. The molecule has 0 saturated heterocycles. The molecule has 1 aliphatic carbocycles. The second kappa shape index (κ2) is 6.39. The maximum atomic E-state index is 11.8. The number of amides is 2. The minimum Gasteiger partial charge on any atom is -0.354 e. The lowest BCUT2D eigenvalue weighted by Gasteiger charge is -2.22. The first kappa shape index (κ1) is 15.0. The number of hydrogen-bond acceptors (Lipinski definition) is 2. The summed E-state index contributed by atoms with van der Waals surface area (Å²) in [6.07, 6.45) is 1.99. The third kappa shape index (κ3) is 3.82. The molecular weight excluding hydrogens is 320 g/mol. The van der Waals surface area contributed by atoms with Crippen LogP contribution in [0.15, 0.2) is 22.7 Å². The Morgan fingerprint density at radius 1 is 1.40 bits per heavy atom. The third-order valence-corrected chi connectivity index (χ3v) is 4.28. The predicted octanol–water partition coefficient (Wildman–Crippen LogP) is 2.64. The topological polar surface area (TPSA) is 49.4 Å². The summed E-state index contributed by atoms with van der Waals surface area (Å²) in [6.45, 7) is 4.52. The molecule has 0 bridgehead atoms. The van der Waals surface area contributed by atoms with Gasteiger partial charge in [-0.05, 0) is 37.5 Å². The van der Waals surface area contributed by atoms with Crippen molar-refractivity contribution in [3.63, 3.8) is 0 Å². The Hall–Kier alpha value is -1.36. The maximum Gasteiger partial charge on any atom is 0.223 e. The number of carbonyl (C=O) groups excluding carboxylic acids is 2. The monoisotopic (exact) mass is 338 g/mol. The van der Waals surface area contributed by atoms with Gasteiger partial charge >= 0.3 is 0 Å². The van der Waals surface area contributed by atoms with E-state index in [1.54, 1.807) is 4.90 Å². The minimum atomic E-state index is -0.0265. The summed E-state index contributed by atoms with van der Waals surface area (Å²) in [5.74, 6) is 0.286. The van der Waals surface area contributed by atoms with E-state index >= 15 is 0 Å². The number of hydrogen-bond donors (Lipinski definition) is 1. The molecule has 1 N–H and O–H groups in total. The molecule has 1 aromatic carbocycles. The lowest BCUT2D eigenvalue weighted by atomic mass is 10.2. The molecule has 108 valence electrons. The Morgan fingerprint density at radius 3 is 2.65 bits per heavy atom. The van der Waals surface area contributed by atoms with Crippen LogP contribution in [0.2, 0.25) is 0 Å². The Labute approximate surface area is 127 Å². The first-order valence-corrected chi connectivity index (χ1v) is 7.60. The van der Waals surface area contributed by atoms with E-state index in [-0.39, 0.29) is 17.7 Å². The summed E-state index contributed by atoms with van der Waals surface area (Å²) in [7, 11) is 0. The zero-order valence-corrected chi connectivity index (χ0v) is 13.4. The van der Waals surface area contributed by atoms with Crippen molar-refractivity contribution in [1.29, 1.82) is 0 Å². The number of halogens is 1. The van der Waals surface area contributed by atoms with Crippen molar-refractivity contribution in [3.05, 3.63) is 28.2 Å². The summed E-state index contributed by atoms with van der Waals surface area (Å²) in [5, 5.41) is 2.88. The van der Waals surface area contributed by atoms with Crippen LogP contribution in [-0.4, -0.2) is 24.9 Å². The summed E-state index contributed by atoms with van der Waals surface area (Å²) in [5.41, 5.74) is 1.97. The summed E-state index contributed by atoms with van der Waals surface area (Å²) in [4.78, 5) is 25.0. The van der Waals surface area contributed by atoms with Gasteiger partial charge in [-0.15, -0.1) is 0 Å². The van der Waals surface area contributed by atoms with Crippen LogP contribution in [0, 0.1) is 12.8 Å². The fourth-order valence-corrected chi connectivity index (χ4v) is 2.37. The normalized spacial score (nSPS) is 13.9. The first-order chi connectivity index (χ1) is 9.49. The van der Waals surface area contributed by atoms with Crippen molar-refractivity contribution in [2.24, 2.45) is 5.92 Å². The van der Waals surface area contributed by atoms with Crippen molar-refractivity contribution in [2.75, 3.05) is 18.0 Å². The highest BCUT2D eigenvalue weighted by molar-refractivity contribution is 9.10. The largest absolute Gasteiger partial charge is 0.354 e. The van der Waals surface area contributed by atoms with Crippen LogP contribution in [0.3, 0.4) is 0 Å². The van der Waals surface area contributed by atoms with Crippen molar-refractivity contribution in [2.45, 2.75) is 26.7 Å². The molecule has 0 aromatic heterocycles. The molecule has 0 radical (unpaired) electrons. The fraction of sp³-hybridized carbons (Fsp3) is 0.467. The molecular formula is C15H19BrN2O2. The van der Waals surface area contributed by atoms with Gasteiger partial charge in [-0.2, -0.15) is 0 Å². The van der Waals surface area contributed by atoms with Gasteiger partial charge in [0.1, 0.15) is 0 Å². The van der Waals surface area contributed by atoms with Gasteiger partial charge in [-0.25, -0.2) is 0 Å². The summed E-state index contributed by atoms with van der Waals surface area (Å²) in [6, 6.07) is 5.82. The molecule has 1 saturated carbocycles. The molecule has 1 aliphatic rings. The van der Waals surface area contributed by atoms with E-state index in [2.05, 4.69) is 21.2 Å². The average Bonchev–Trinajstić information content (AvgIpc) is 3.22. The van der Waals surface area contributed by atoms with Gasteiger partial charge in [0, 0.05) is 36.1 Å². The van der Waals surface area contributed by atoms with E-state index in [0.717, 1.165) is 28.6 Å². The van der Waals surface area contributed by atoms with Crippen LogP contribution in [0.5, 0.6) is 0 Å². The number of carbonyl (C=O) groups is 2. The number of rotatable bonds is 5. The van der Waals surface area contributed by atoms with Gasteiger partial charge in [-0.1, -0.05) is 22.0 Å². The zero-order valence-electron chi connectivity index (χ0n) is 11.8. The van der Waals surface area contributed by atoms with E-state index in [4.69, 9.17) is 0 Å². The lowest BCUT2D eigenvalue weighted by Crippen LogP contribution is -2.38. The highest BCUT2D eigenvalue weighted by atomic mass is 79.9. The first-order valence-electron chi connectivity index (χ1n) is 6.81. The molecule has 5 heteroatoms. The lowest BCUT2D eigenvalue weighted by molar-refractivity contribution is -0.122. The van der Waals surface area contributed by atoms with Crippen LogP contribution in [0.1, 0.15) is 25.3 Å². The highest BCUT2D eigenvalue weighted by Gasteiger charge is 2.29. The quantitative estimate of drug-likeness (QED) is 0.897. The molecule has 0 spiro atoms. The summed E-state index contributed by atoms with van der Waals surface area (Å²) < 4.78 is 0.975. The van der Waals surface area contributed by atoms with Crippen molar-refractivity contribution >= 4 is 33.4 Å². The molecule has 1 aromatic rings. The van der Waals surface area contributed by atoms with E-state index in [9.17, 15) is 9.59 Å². The predicted molar refractivity (Wildman–Crippen MR) is 82.6 cm³/mol. The van der Waals surface area contributed by atoms with Gasteiger partial charge < -0.3 is 10.2 Å². The number of nitrogens with zero attached hydrogens (tertiary/aromatic N) is 1. The van der Waals surface area contributed by atoms with Crippen LogP contribution in [-0.2, 0) is 9.59 Å². The smallest absolute Gasteiger partial charge is 0.223 e. The second-order valence-corrected chi connectivity index (χ2v) is 6.02. The SMILES string of the molecule is CC(=O)N(CCNC(=O)C1CC1)c1ccc(C)c(Br)c1. The van der Waals surface area contributed by atoms with Crippen LogP contribution < -0.4 is 10.2 Å². The molecule has 0 unspecified atom stereocenters. The molecule has 0 aliphatic heterocycles. The number of benzene rings is 1. The van der Waals surface area contributed by atoms with Crippen LogP contribution in [0.4, 0.5) is 5.69 Å². The molecule has 4 nitrogen and oxygen atoms in total. The van der Waals surface area contributed by atoms with E-state index in [1.807, 2.05) is 25.1 Å². The van der Waals surface area contributed by atoms with E-state index < -0.39 is 0 Å². The van der Waals surface area contributed by atoms with Gasteiger partial charge in [-0.3, -0.25) is 9.59 Å². The van der Waals surface area contributed by atoms with Crippen LogP contribution in [0.25, 0.3) is 0 Å². The third-order valence-electron chi connectivity index (χ3n) is 3.43. The van der Waals surface area contributed by atoms with Gasteiger partial charge in [0.25, 0.3) is 0 Å². The van der Waals surface area contributed by atoms with Crippen LogP contribution >= 0.6 is 15.9 Å². The van der Waals surface area contributed by atoms with Gasteiger partial charge in [0.2, 0.25) is 11.8 Å². The molecule has 2 amide bonds. The molecule has 1 fully saturated rings. The van der Waals surface area contributed by atoms with E-state index in [0.29, 0.717) is 13.1 Å². The molecule has 0 heterocycles. The fourth-order valence-electron chi connectivity index (χ4n) is 2.00. The molecule has 0 atom stereocenters. The zero-order chi connectivity index (χ0) is 14.7. The Kier molecular flexibility index (Phi) is 4.81. The van der Waals surface area contributed by atoms with E-state index in [1.165, 1.54) is 6.92 Å². The number of anilines is 1. The Bertz CT molecular complexity index is 527. The highest BCUT2D eigenvalue weighted by Crippen LogP contribution is 2.28. The van der Waals surface area contributed by atoms with Crippen molar-refractivity contribution < 1.29 is 9.59 Å². The van der Waals surface area contributed by atoms with Gasteiger partial charge in [0.05, 0.1) is 0 Å². The number of nitrogens with one attached hydrogen (secondary N) is 1.